The molecular formula is C21H25ClN4O5S. The average molecular weight is 481 g/mol. The van der Waals surface area contributed by atoms with E-state index in [1.165, 1.54) is 25.3 Å². The number of nitrogens with one attached hydrogen (secondary N) is 3. The zero-order valence-corrected chi connectivity index (χ0v) is 19.5. The average Bonchev–Trinajstić information content (AvgIpc) is 2.72. The Labute approximate surface area is 192 Å². The number of ether oxygens (including phenoxy) is 1. The molecule has 3 N–H and O–H groups in total. The predicted molar refractivity (Wildman–Crippen MR) is 123 cm³/mol. The number of rotatable bonds is 7. The Kier molecular flexibility index (Phi) is 7.27. The lowest BCUT2D eigenvalue weighted by Gasteiger charge is -2.29. The number of nitrogens with zero attached hydrogens (tertiary/aromatic N) is 1. The first-order valence-corrected chi connectivity index (χ1v) is 11.8. The van der Waals surface area contributed by atoms with Gasteiger partial charge in [-0.25, -0.2) is 13.1 Å². The van der Waals surface area contributed by atoms with Gasteiger partial charge in [0.15, 0.2) is 0 Å². The van der Waals surface area contributed by atoms with Gasteiger partial charge in [-0.05, 0) is 50.2 Å². The summed E-state index contributed by atoms with van der Waals surface area (Å²) in [5, 5.41) is 5.86. The Morgan fingerprint density at radius 2 is 1.97 bits per heavy atom. The van der Waals surface area contributed by atoms with Crippen molar-refractivity contribution in [1.82, 2.24) is 10.0 Å². The van der Waals surface area contributed by atoms with Crippen LogP contribution in [0.5, 0.6) is 5.75 Å². The normalized spacial score (nSPS) is 14.3. The van der Waals surface area contributed by atoms with Crippen LogP contribution in [0.2, 0.25) is 5.02 Å². The minimum absolute atomic E-state index is 0.0816. The van der Waals surface area contributed by atoms with Crippen LogP contribution in [0.3, 0.4) is 0 Å². The van der Waals surface area contributed by atoms with Crippen molar-refractivity contribution in [2.75, 3.05) is 37.0 Å². The molecule has 1 saturated heterocycles. The van der Waals surface area contributed by atoms with Gasteiger partial charge in [-0.15, -0.1) is 0 Å². The fraction of sp³-hybridized carbons (Fsp3) is 0.333. The molecule has 11 heteroatoms. The molecule has 9 nitrogen and oxygen atoms in total. The molecule has 2 aromatic rings. The number of carbonyl (C=O) groups is 2. The molecule has 0 spiro atoms. The fourth-order valence-corrected chi connectivity index (χ4v) is 5.04. The summed E-state index contributed by atoms with van der Waals surface area (Å²) in [6.45, 7) is 4.76. The highest BCUT2D eigenvalue weighted by Gasteiger charge is 2.23. The zero-order valence-electron chi connectivity index (χ0n) is 17.9. The molecule has 1 aliphatic heterocycles. The SMILES string of the molecule is COc1ccc(C(=O)Nc2ccc(N3CCNC(=O)C3)c(Cl)c2)cc1S(=O)(=O)NC(C)C. The van der Waals surface area contributed by atoms with Gasteiger partial charge in [-0.3, -0.25) is 9.59 Å². The molecule has 0 aromatic heterocycles. The zero-order chi connectivity index (χ0) is 23.5. The summed E-state index contributed by atoms with van der Waals surface area (Å²) in [5.41, 5.74) is 1.27. The number of carbonyl (C=O) groups excluding carboxylic acids is 2. The van der Waals surface area contributed by atoms with Gasteiger partial charge in [0.05, 0.1) is 24.4 Å². The molecule has 2 aromatic carbocycles. The molecule has 0 aliphatic carbocycles. The van der Waals surface area contributed by atoms with Gasteiger partial charge < -0.3 is 20.3 Å². The molecule has 0 unspecified atom stereocenters. The van der Waals surface area contributed by atoms with Crippen LogP contribution in [0.25, 0.3) is 0 Å². The van der Waals surface area contributed by atoms with Crippen LogP contribution in [-0.2, 0) is 14.8 Å². The van der Waals surface area contributed by atoms with Crippen molar-refractivity contribution in [2.24, 2.45) is 0 Å². The minimum atomic E-state index is -3.87. The topological polar surface area (TPSA) is 117 Å². The molecule has 2 amide bonds. The lowest BCUT2D eigenvalue weighted by Crippen LogP contribution is -2.47. The number of sulfonamides is 1. The summed E-state index contributed by atoms with van der Waals surface area (Å²) in [6, 6.07) is 8.84. The van der Waals surface area contributed by atoms with E-state index in [0.717, 1.165) is 0 Å². The van der Waals surface area contributed by atoms with E-state index < -0.39 is 15.9 Å². The monoisotopic (exact) mass is 480 g/mol. The van der Waals surface area contributed by atoms with Crippen molar-refractivity contribution in [1.29, 1.82) is 0 Å². The summed E-state index contributed by atoms with van der Waals surface area (Å²) in [4.78, 5) is 26.1. The Balaban J connectivity index is 1.82. The summed E-state index contributed by atoms with van der Waals surface area (Å²) in [6.07, 6.45) is 0. The molecule has 0 radical (unpaired) electrons. The van der Waals surface area contributed by atoms with Gasteiger partial charge in [-0.2, -0.15) is 0 Å². The van der Waals surface area contributed by atoms with Gasteiger partial charge in [0.1, 0.15) is 10.6 Å². The van der Waals surface area contributed by atoms with E-state index in [2.05, 4.69) is 15.4 Å². The van der Waals surface area contributed by atoms with Gasteiger partial charge >= 0.3 is 0 Å². The molecule has 3 rings (SSSR count). The van der Waals surface area contributed by atoms with E-state index >= 15 is 0 Å². The Morgan fingerprint density at radius 3 is 2.59 bits per heavy atom. The number of benzene rings is 2. The van der Waals surface area contributed by atoms with E-state index in [1.54, 1.807) is 32.0 Å². The smallest absolute Gasteiger partial charge is 0.255 e. The number of amides is 2. The van der Waals surface area contributed by atoms with Crippen LogP contribution < -0.4 is 25.0 Å². The Hall–Kier alpha value is -2.82. The standard InChI is InChI=1S/C21H25ClN4O5S/c1-13(2)25-32(29,30)19-10-14(4-7-18(19)31-3)21(28)24-15-5-6-17(16(22)11-15)26-9-8-23-20(27)12-26/h4-7,10-11,13,25H,8-9,12H2,1-3H3,(H,23,27)(H,24,28). The predicted octanol–water partition coefficient (Wildman–Crippen LogP) is 2.22. The largest absolute Gasteiger partial charge is 0.495 e. The van der Waals surface area contributed by atoms with Crippen molar-refractivity contribution < 1.29 is 22.7 Å². The first-order valence-electron chi connectivity index (χ1n) is 9.93. The van der Waals surface area contributed by atoms with Crippen LogP contribution in [0.15, 0.2) is 41.3 Å². The quantitative estimate of drug-likeness (QED) is 0.559. The number of piperazine rings is 1. The molecule has 0 atom stereocenters. The third-order valence-corrected chi connectivity index (χ3v) is 6.67. The Morgan fingerprint density at radius 1 is 1.22 bits per heavy atom. The number of halogens is 1. The molecule has 32 heavy (non-hydrogen) atoms. The highest BCUT2D eigenvalue weighted by molar-refractivity contribution is 7.89. The van der Waals surface area contributed by atoms with Gasteiger partial charge in [0, 0.05) is 30.4 Å². The number of hydrogen-bond acceptors (Lipinski definition) is 6. The number of anilines is 2. The van der Waals surface area contributed by atoms with E-state index in [4.69, 9.17) is 16.3 Å². The van der Waals surface area contributed by atoms with Crippen LogP contribution in [0.1, 0.15) is 24.2 Å². The molecule has 172 valence electrons. The van der Waals surface area contributed by atoms with Crippen LogP contribution >= 0.6 is 11.6 Å². The second-order valence-corrected chi connectivity index (χ2v) is 9.62. The van der Waals surface area contributed by atoms with E-state index in [-0.39, 0.29) is 34.7 Å². The second-order valence-electron chi connectivity index (χ2n) is 7.53. The van der Waals surface area contributed by atoms with Crippen molar-refractivity contribution in [3.05, 3.63) is 47.0 Å². The molecular weight excluding hydrogens is 456 g/mol. The molecule has 0 saturated carbocycles. The molecule has 1 aliphatic rings. The minimum Gasteiger partial charge on any atom is -0.495 e. The van der Waals surface area contributed by atoms with Crippen molar-refractivity contribution >= 4 is 44.8 Å². The highest BCUT2D eigenvalue weighted by atomic mass is 35.5. The molecule has 1 fully saturated rings. The number of hydrogen-bond donors (Lipinski definition) is 3. The van der Waals surface area contributed by atoms with Crippen LogP contribution in [-0.4, -0.2) is 53.0 Å². The summed E-state index contributed by atoms with van der Waals surface area (Å²) in [5.74, 6) is -0.454. The number of methoxy groups -OCH3 is 1. The lowest BCUT2D eigenvalue weighted by atomic mass is 10.2. The first-order chi connectivity index (χ1) is 15.1. The second kappa shape index (κ2) is 9.76. The summed E-state index contributed by atoms with van der Waals surface area (Å²) < 4.78 is 32.9. The Bertz CT molecular complexity index is 1140. The van der Waals surface area contributed by atoms with Gasteiger partial charge in [-0.1, -0.05) is 11.6 Å². The summed E-state index contributed by atoms with van der Waals surface area (Å²) in [7, 11) is -2.51. The fourth-order valence-electron chi connectivity index (χ4n) is 3.29. The lowest BCUT2D eigenvalue weighted by molar-refractivity contribution is -0.120. The summed E-state index contributed by atoms with van der Waals surface area (Å²) >= 11 is 6.38. The molecule has 1 heterocycles. The van der Waals surface area contributed by atoms with E-state index in [0.29, 0.717) is 29.5 Å². The van der Waals surface area contributed by atoms with E-state index in [9.17, 15) is 18.0 Å². The third-order valence-electron chi connectivity index (χ3n) is 4.69. The maximum Gasteiger partial charge on any atom is 0.255 e. The van der Waals surface area contributed by atoms with Crippen molar-refractivity contribution in [3.63, 3.8) is 0 Å². The third kappa shape index (κ3) is 5.50. The highest BCUT2D eigenvalue weighted by Crippen LogP contribution is 2.30. The maximum absolute atomic E-state index is 12.8. The van der Waals surface area contributed by atoms with Crippen molar-refractivity contribution in [3.8, 4) is 5.75 Å². The molecule has 0 bridgehead atoms. The van der Waals surface area contributed by atoms with Crippen LogP contribution in [0.4, 0.5) is 11.4 Å². The van der Waals surface area contributed by atoms with Gasteiger partial charge in [0.2, 0.25) is 15.9 Å². The first kappa shape index (κ1) is 23.8. The maximum atomic E-state index is 12.8. The van der Waals surface area contributed by atoms with Crippen LogP contribution in [0, 0.1) is 0 Å². The van der Waals surface area contributed by atoms with E-state index in [1.807, 2.05) is 4.90 Å². The van der Waals surface area contributed by atoms with Crippen molar-refractivity contribution in [2.45, 2.75) is 24.8 Å². The van der Waals surface area contributed by atoms with Gasteiger partial charge in [0.25, 0.3) is 5.91 Å².